The molecule has 0 aromatic carbocycles. The fourth-order valence-electron chi connectivity index (χ4n) is 2.72. The van der Waals surface area contributed by atoms with Crippen molar-refractivity contribution in [3.63, 3.8) is 0 Å². The zero-order chi connectivity index (χ0) is 15.5. The van der Waals surface area contributed by atoms with Crippen LogP contribution in [0.2, 0.25) is 0 Å². The average molecular weight is 314 g/mol. The largest absolute Gasteiger partial charge is 0.361 e. The molecule has 0 aliphatic heterocycles. The Balaban J connectivity index is 1.93. The summed E-state index contributed by atoms with van der Waals surface area (Å²) in [4.78, 5) is 13.8. The van der Waals surface area contributed by atoms with Gasteiger partial charge in [-0.2, -0.15) is 0 Å². The molecule has 1 fully saturated rings. The first-order chi connectivity index (χ1) is 9.87. The van der Waals surface area contributed by atoms with Crippen LogP contribution in [0.4, 0.5) is 0 Å². The lowest BCUT2D eigenvalue weighted by molar-refractivity contribution is -0.129. The van der Waals surface area contributed by atoms with Crippen LogP contribution >= 0.6 is 0 Å². The van der Waals surface area contributed by atoms with Gasteiger partial charge in [-0.05, 0) is 19.8 Å². The summed E-state index contributed by atoms with van der Waals surface area (Å²) in [5, 5.41) is 3.66. The van der Waals surface area contributed by atoms with E-state index >= 15 is 0 Å². The van der Waals surface area contributed by atoms with Crippen molar-refractivity contribution >= 4 is 15.7 Å². The molecule has 0 saturated heterocycles. The normalized spacial score (nSPS) is 16.9. The number of aromatic nitrogens is 1. The maximum atomic E-state index is 12.2. The summed E-state index contributed by atoms with van der Waals surface area (Å²) in [7, 11) is -1.82. The maximum absolute atomic E-state index is 12.2. The highest BCUT2D eigenvalue weighted by molar-refractivity contribution is 7.91. The third-order valence-electron chi connectivity index (χ3n) is 3.90. The lowest BCUT2D eigenvalue weighted by Gasteiger charge is -2.31. The summed E-state index contributed by atoms with van der Waals surface area (Å²) in [6.45, 7) is 1.70. The lowest BCUT2D eigenvalue weighted by Crippen LogP contribution is -2.41. The van der Waals surface area contributed by atoms with E-state index in [9.17, 15) is 13.2 Å². The van der Waals surface area contributed by atoms with Crippen LogP contribution in [-0.4, -0.2) is 43.2 Å². The van der Waals surface area contributed by atoms with E-state index in [2.05, 4.69) is 5.16 Å². The van der Waals surface area contributed by atoms with Crippen molar-refractivity contribution in [2.75, 3.05) is 12.8 Å². The second kappa shape index (κ2) is 6.60. The molecule has 1 aliphatic carbocycles. The van der Waals surface area contributed by atoms with Crippen LogP contribution in [0.1, 0.15) is 43.6 Å². The van der Waals surface area contributed by atoms with Crippen molar-refractivity contribution in [3.8, 4) is 0 Å². The van der Waals surface area contributed by atoms with E-state index in [0.29, 0.717) is 11.5 Å². The minimum absolute atomic E-state index is 0.177. The summed E-state index contributed by atoms with van der Waals surface area (Å²) >= 11 is 0. The predicted octanol–water partition coefficient (Wildman–Crippen LogP) is 1.69. The van der Waals surface area contributed by atoms with Gasteiger partial charge in [0.15, 0.2) is 9.84 Å². The Morgan fingerprint density at radius 1 is 1.38 bits per heavy atom. The van der Waals surface area contributed by atoms with Crippen molar-refractivity contribution in [2.45, 2.75) is 50.8 Å². The van der Waals surface area contributed by atoms with E-state index in [1.165, 1.54) is 6.42 Å². The third kappa shape index (κ3) is 4.56. The molecule has 1 heterocycles. The standard InChI is InChI=1S/C14H22N2O4S/c1-11-8-12(15-20-11)9-21(18,19)10-14(17)16(2)13-6-4-3-5-7-13/h8,13H,3-7,9-10H2,1-2H3. The number of amides is 1. The number of nitrogens with zero attached hydrogens (tertiary/aromatic N) is 2. The molecule has 1 aromatic heterocycles. The van der Waals surface area contributed by atoms with Crippen molar-refractivity contribution < 1.29 is 17.7 Å². The Hall–Kier alpha value is -1.37. The molecule has 1 saturated carbocycles. The summed E-state index contributed by atoms with van der Waals surface area (Å²) in [6, 6.07) is 1.75. The molecular formula is C14H22N2O4S. The minimum Gasteiger partial charge on any atom is -0.361 e. The molecule has 1 aromatic rings. The van der Waals surface area contributed by atoms with E-state index in [-0.39, 0.29) is 17.7 Å². The Bertz CT molecular complexity index is 588. The monoisotopic (exact) mass is 314 g/mol. The van der Waals surface area contributed by atoms with Gasteiger partial charge in [0.25, 0.3) is 0 Å². The molecule has 0 radical (unpaired) electrons. The number of sulfone groups is 1. The summed E-state index contributed by atoms with van der Waals surface area (Å²) in [5.41, 5.74) is 0.348. The molecule has 1 amide bonds. The molecule has 0 N–H and O–H groups in total. The van der Waals surface area contributed by atoms with E-state index in [0.717, 1.165) is 25.7 Å². The fourth-order valence-corrected chi connectivity index (χ4v) is 3.99. The average Bonchev–Trinajstić information content (AvgIpc) is 2.82. The molecule has 6 nitrogen and oxygen atoms in total. The van der Waals surface area contributed by atoms with Crippen molar-refractivity contribution in [1.29, 1.82) is 0 Å². The van der Waals surface area contributed by atoms with Crippen molar-refractivity contribution in [2.24, 2.45) is 0 Å². The van der Waals surface area contributed by atoms with Gasteiger partial charge < -0.3 is 9.42 Å². The van der Waals surface area contributed by atoms with E-state index in [4.69, 9.17) is 4.52 Å². The number of rotatable bonds is 5. The first-order valence-electron chi connectivity index (χ1n) is 7.26. The second-order valence-corrected chi connectivity index (χ2v) is 7.82. The SMILES string of the molecule is Cc1cc(CS(=O)(=O)CC(=O)N(C)C2CCCCC2)no1. The smallest absolute Gasteiger partial charge is 0.237 e. The number of carbonyl (C=O) groups excluding carboxylic acids is 1. The lowest BCUT2D eigenvalue weighted by atomic mass is 9.94. The van der Waals surface area contributed by atoms with Crippen LogP contribution in [0.5, 0.6) is 0 Å². The third-order valence-corrected chi connectivity index (χ3v) is 5.33. The number of aryl methyl sites for hydroxylation is 1. The highest BCUT2D eigenvalue weighted by Crippen LogP contribution is 2.22. The molecule has 0 spiro atoms. The Morgan fingerprint density at radius 3 is 2.62 bits per heavy atom. The molecule has 7 heteroatoms. The topological polar surface area (TPSA) is 80.5 Å². The van der Waals surface area contributed by atoms with Crippen molar-refractivity contribution in [3.05, 3.63) is 17.5 Å². The maximum Gasteiger partial charge on any atom is 0.237 e. The van der Waals surface area contributed by atoms with Gasteiger partial charge in [0, 0.05) is 19.2 Å². The first-order valence-corrected chi connectivity index (χ1v) is 9.08. The van der Waals surface area contributed by atoms with Gasteiger partial charge in [-0.1, -0.05) is 24.4 Å². The van der Waals surface area contributed by atoms with Gasteiger partial charge in [-0.3, -0.25) is 4.79 Å². The molecule has 21 heavy (non-hydrogen) atoms. The van der Waals surface area contributed by atoms with E-state index < -0.39 is 15.6 Å². The zero-order valence-electron chi connectivity index (χ0n) is 12.5. The summed E-state index contributed by atoms with van der Waals surface area (Å²) in [5.74, 6) is -0.492. The van der Waals surface area contributed by atoms with Crippen LogP contribution in [0.25, 0.3) is 0 Å². The van der Waals surface area contributed by atoms with E-state index in [1.807, 2.05) is 0 Å². The Kier molecular flexibility index (Phi) is 5.03. The van der Waals surface area contributed by atoms with Crippen LogP contribution in [-0.2, 0) is 20.4 Å². The molecule has 1 aliphatic rings. The Morgan fingerprint density at radius 2 is 2.05 bits per heavy atom. The molecule has 0 unspecified atom stereocenters. The van der Waals surface area contributed by atoms with Gasteiger partial charge in [0.05, 0.1) is 11.4 Å². The summed E-state index contributed by atoms with van der Waals surface area (Å²) < 4.78 is 29.0. The summed E-state index contributed by atoms with van der Waals surface area (Å²) in [6.07, 6.45) is 5.33. The van der Waals surface area contributed by atoms with Gasteiger partial charge in [0.1, 0.15) is 11.5 Å². The quantitative estimate of drug-likeness (QED) is 0.826. The Labute approximate surface area is 125 Å². The second-order valence-electron chi connectivity index (χ2n) is 5.76. The highest BCUT2D eigenvalue weighted by Gasteiger charge is 2.26. The van der Waals surface area contributed by atoms with Crippen LogP contribution in [0.15, 0.2) is 10.6 Å². The van der Waals surface area contributed by atoms with E-state index in [1.54, 1.807) is 24.9 Å². The number of hydrogen-bond donors (Lipinski definition) is 0. The van der Waals surface area contributed by atoms with Crippen LogP contribution < -0.4 is 0 Å². The molecule has 0 bridgehead atoms. The molecule has 118 valence electrons. The number of carbonyl (C=O) groups is 1. The van der Waals surface area contributed by atoms with Gasteiger partial charge in [0.2, 0.25) is 5.91 Å². The van der Waals surface area contributed by atoms with Gasteiger partial charge in [-0.25, -0.2) is 8.42 Å². The van der Waals surface area contributed by atoms with Gasteiger partial charge in [-0.15, -0.1) is 0 Å². The molecule has 2 rings (SSSR count). The molecular weight excluding hydrogens is 292 g/mol. The van der Waals surface area contributed by atoms with Crippen molar-refractivity contribution in [1.82, 2.24) is 10.1 Å². The molecule has 0 atom stereocenters. The predicted molar refractivity (Wildman–Crippen MR) is 78.4 cm³/mol. The fraction of sp³-hybridized carbons (Fsp3) is 0.714. The highest BCUT2D eigenvalue weighted by atomic mass is 32.2. The number of hydrogen-bond acceptors (Lipinski definition) is 5. The zero-order valence-corrected chi connectivity index (χ0v) is 13.4. The van der Waals surface area contributed by atoms with Crippen LogP contribution in [0.3, 0.4) is 0 Å². The minimum atomic E-state index is -3.52. The van der Waals surface area contributed by atoms with Crippen LogP contribution in [0, 0.1) is 6.92 Å². The van der Waals surface area contributed by atoms with Gasteiger partial charge >= 0.3 is 0 Å². The first kappa shape index (κ1) is 16.0.